The van der Waals surface area contributed by atoms with E-state index in [1.165, 1.54) is 6.20 Å². The summed E-state index contributed by atoms with van der Waals surface area (Å²) in [7, 11) is 0. The first-order valence-corrected chi connectivity index (χ1v) is 8.05. The van der Waals surface area contributed by atoms with Crippen LogP contribution in [-0.4, -0.2) is 26.1 Å². The standard InChI is InChI=1S/C17H16N4O4/c1-2-14-20-15(21-25-14)10-3-5-11-9(7-10)4-6-12(11)19-16(22)13-8-18-17(23)24-13/h3,5,7-8,12H,2,4,6H2,1H3,(H,18,23)(H,19,22). The molecule has 25 heavy (non-hydrogen) atoms. The Bertz CT molecular complexity index is 930. The molecule has 1 amide bonds. The summed E-state index contributed by atoms with van der Waals surface area (Å²) in [6.07, 6.45) is 3.01. The monoisotopic (exact) mass is 340 g/mol. The summed E-state index contributed by atoms with van der Waals surface area (Å²) in [6.45, 7) is 1.96. The largest absolute Gasteiger partial charge is 0.466 e. The van der Waals surface area contributed by atoms with E-state index in [0.717, 1.165) is 29.5 Å². The highest BCUT2D eigenvalue weighted by Gasteiger charge is 2.26. The minimum atomic E-state index is -0.520. The highest BCUT2D eigenvalue weighted by Crippen LogP contribution is 2.34. The molecule has 0 aliphatic heterocycles. The van der Waals surface area contributed by atoms with Crippen molar-refractivity contribution in [3.63, 3.8) is 0 Å². The summed E-state index contributed by atoms with van der Waals surface area (Å²) < 4.78 is 10.00. The number of rotatable bonds is 4. The molecule has 1 aliphatic rings. The van der Waals surface area contributed by atoms with Crippen LogP contribution in [0.25, 0.3) is 11.4 Å². The van der Waals surface area contributed by atoms with E-state index in [1.807, 2.05) is 25.1 Å². The van der Waals surface area contributed by atoms with Crippen LogP contribution in [0.3, 0.4) is 0 Å². The van der Waals surface area contributed by atoms with Crippen LogP contribution in [0.5, 0.6) is 6.08 Å². The van der Waals surface area contributed by atoms with Gasteiger partial charge in [0.25, 0.3) is 5.91 Å². The van der Waals surface area contributed by atoms with Crippen LogP contribution in [0, 0.1) is 0 Å². The number of amides is 1. The van der Waals surface area contributed by atoms with E-state index in [9.17, 15) is 4.79 Å². The Balaban J connectivity index is 1.54. The third kappa shape index (κ3) is 2.86. The fourth-order valence-electron chi connectivity index (χ4n) is 3.02. The number of hydrogen-bond donors (Lipinski definition) is 2. The van der Waals surface area contributed by atoms with Gasteiger partial charge in [-0.1, -0.05) is 24.2 Å². The number of aromatic hydroxyl groups is 1. The lowest BCUT2D eigenvalue weighted by molar-refractivity contribution is 0.0902. The van der Waals surface area contributed by atoms with Crippen LogP contribution in [-0.2, 0) is 12.8 Å². The van der Waals surface area contributed by atoms with Crippen molar-refractivity contribution in [1.82, 2.24) is 20.4 Å². The van der Waals surface area contributed by atoms with Gasteiger partial charge in [-0.3, -0.25) is 4.79 Å². The van der Waals surface area contributed by atoms with E-state index in [0.29, 0.717) is 18.1 Å². The molecular formula is C17H16N4O4. The quantitative estimate of drug-likeness (QED) is 0.749. The van der Waals surface area contributed by atoms with Gasteiger partial charge in [0.15, 0.2) is 0 Å². The Kier molecular flexibility index (Phi) is 3.72. The number of aromatic nitrogens is 3. The van der Waals surface area contributed by atoms with Gasteiger partial charge in [-0.2, -0.15) is 9.97 Å². The number of carbonyl (C=O) groups is 1. The van der Waals surface area contributed by atoms with Crippen LogP contribution in [0.1, 0.15) is 47.0 Å². The molecule has 3 aromatic rings. The SMILES string of the molecule is CCc1nc(-c2ccc3c(c2)CCC3NC(=O)c2cnc(O)o2)no1. The maximum Gasteiger partial charge on any atom is 0.391 e. The van der Waals surface area contributed by atoms with Gasteiger partial charge in [0.2, 0.25) is 17.5 Å². The Morgan fingerprint density at radius 3 is 3.04 bits per heavy atom. The van der Waals surface area contributed by atoms with Gasteiger partial charge in [0.05, 0.1) is 12.2 Å². The number of fused-ring (bicyclic) bond motifs is 1. The van der Waals surface area contributed by atoms with Crippen LogP contribution < -0.4 is 5.32 Å². The molecule has 8 nitrogen and oxygen atoms in total. The first-order chi connectivity index (χ1) is 12.1. The average molecular weight is 340 g/mol. The van der Waals surface area contributed by atoms with Gasteiger partial charge in [-0.25, -0.2) is 0 Å². The van der Waals surface area contributed by atoms with Crippen molar-refractivity contribution >= 4 is 5.91 Å². The van der Waals surface area contributed by atoms with E-state index in [4.69, 9.17) is 14.0 Å². The molecule has 0 radical (unpaired) electrons. The number of benzene rings is 1. The molecule has 0 fully saturated rings. The Morgan fingerprint density at radius 1 is 1.44 bits per heavy atom. The molecule has 2 N–H and O–H groups in total. The number of oxazole rings is 1. The maximum atomic E-state index is 12.2. The van der Waals surface area contributed by atoms with E-state index in [2.05, 4.69) is 20.4 Å². The third-order valence-electron chi connectivity index (χ3n) is 4.27. The molecule has 0 bridgehead atoms. The maximum absolute atomic E-state index is 12.2. The predicted molar refractivity (Wildman–Crippen MR) is 85.8 cm³/mol. The number of hydrogen-bond acceptors (Lipinski definition) is 7. The third-order valence-corrected chi connectivity index (χ3v) is 4.27. The van der Waals surface area contributed by atoms with Gasteiger partial charge >= 0.3 is 6.08 Å². The van der Waals surface area contributed by atoms with Gasteiger partial charge < -0.3 is 19.4 Å². The second-order valence-electron chi connectivity index (χ2n) is 5.85. The molecule has 8 heteroatoms. The van der Waals surface area contributed by atoms with Crippen LogP contribution in [0.15, 0.2) is 33.3 Å². The van der Waals surface area contributed by atoms with Crippen molar-refractivity contribution in [2.75, 3.05) is 0 Å². The first kappa shape index (κ1) is 15.4. The smallest absolute Gasteiger partial charge is 0.391 e. The van der Waals surface area contributed by atoms with Crippen molar-refractivity contribution in [3.8, 4) is 17.5 Å². The number of aryl methyl sites for hydroxylation is 2. The van der Waals surface area contributed by atoms with Crippen LogP contribution in [0.4, 0.5) is 0 Å². The number of nitrogens with one attached hydrogen (secondary N) is 1. The van der Waals surface area contributed by atoms with E-state index < -0.39 is 12.0 Å². The summed E-state index contributed by atoms with van der Waals surface area (Å²) in [6, 6.07) is 5.82. The van der Waals surface area contributed by atoms with E-state index in [-0.39, 0.29) is 11.8 Å². The lowest BCUT2D eigenvalue weighted by Crippen LogP contribution is -2.26. The molecule has 0 saturated heterocycles. The molecule has 2 heterocycles. The van der Waals surface area contributed by atoms with Gasteiger partial charge in [-0.05, 0) is 30.0 Å². The van der Waals surface area contributed by atoms with Gasteiger partial charge in [-0.15, -0.1) is 0 Å². The molecule has 0 saturated carbocycles. The van der Waals surface area contributed by atoms with E-state index in [1.54, 1.807) is 0 Å². The Labute approximate surface area is 142 Å². The lowest BCUT2D eigenvalue weighted by Gasteiger charge is -2.13. The van der Waals surface area contributed by atoms with Crippen molar-refractivity contribution in [2.45, 2.75) is 32.2 Å². The van der Waals surface area contributed by atoms with Crippen LogP contribution in [0.2, 0.25) is 0 Å². The van der Waals surface area contributed by atoms with Gasteiger partial charge in [0.1, 0.15) is 0 Å². The fourth-order valence-corrected chi connectivity index (χ4v) is 3.02. The molecule has 1 aromatic carbocycles. The van der Waals surface area contributed by atoms with Crippen molar-refractivity contribution in [3.05, 3.63) is 47.2 Å². The molecule has 4 rings (SSSR count). The topological polar surface area (TPSA) is 114 Å². The molecule has 1 atom stereocenters. The average Bonchev–Trinajstić information content (AvgIpc) is 3.34. The summed E-state index contributed by atoms with van der Waals surface area (Å²) in [5.41, 5.74) is 3.10. The summed E-state index contributed by atoms with van der Waals surface area (Å²) >= 11 is 0. The molecular weight excluding hydrogens is 324 g/mol. The normalized spacial score (nSPS) is 16.0. The van der Waals surface area contributed by atoms with Crippen LogP contribution >= 0.6 is 0 Å². The summed E-state index contributed by atoms with van der Waals surface area (Å²) in [4.78, 5) is 20.0. The summed E-state index contributed by atoms with van der Waals surface area (Å²) in [5, 5.41) is 16.0. The zero-order valence-corrected chi connectivity index (χ0v) is 13.5. The van der Waals surface area contributed by atoms with Gasteiger partial charge in [0, 0.05) is 12.0 Å². The minimum absolute atomic E-state index is 0.0125. The molecule has 0 spiro atoms. The molecule has 1 aliphatic carbocycles. The predicted octanol–water partition coefficient (Wildman–Crippen LogP) is 2.41. The Hall–Kier alpha value is -3.16. The second kappa shape index (κ2) is 6.04. The zero-order valence-electron chi connectivity index (χ0n) is 13.5. The van der Waals surface area contributed by atoms with Crippen molar-refractivity contribution in [1.29, 1.82) is 0 Å². The van der Waals surface area contributed by atoms with Crippen molar-refractivity contribution < 1.29 is 18.8 Å². The summed E-state index contributed by atoms with van der Waals surface area (Å²) in [5.74, 6) is 0.766. The highest BCUT2D eigenvalue weighted by atomic mass is 16.5. The van der Waals surface area contributed by atoms with E-state index >= 15 is 0 Å². The Morgan fingerprint density at radius 2 is 2.32 bits per heavy atom. The molecule has 1 unspecified atom stereocenters. The number of nitrogens with zero attached hydrogens (tertiary/aromatic N) is 3. The number of carbonyl (C=O) groups excluding carboxylic acids is 1. The second-order valence-corrected chi connectivity index (χ2v) is 5.85. The lowest BCUT2D eigenvalue weighted by atomic mass is 10.0. The first-order valence-electron chi connectivity index (χ1n) is 8.05. The fraction of sp³-hybridized carbons (Fsp3) is 0.294. The minimum Gasteiger partial charge on any atom is -0.466 e. The van der Waals surface area contributed by atoms with Crippen molar-refractivity contribution in [2.24, 2.45) is 0 Å². The zero-order chi connectivity index (χ0) is 17.4. The highest BCUT2D eigenvalue weighted by molar-refractivity contribution is 5.91. The molecule has 128 valence electrons. The molecule has 2 aromatic heterocycles.